The highest BCUT2D eigenvalue weighted by Crippen LogP contribution is 2.38. The van der Waals surface area contributed by atoms with Crippen molar-refractivity contribution in [3.05, 3.63) is 119 Å². The minimum Gasteiger partial charge on any atom is -0.476 e. The Morgan fingerprint density at radius 1 is 0.760 bits per heavy atom. The van der Waals surface area contributed by atoms with Gasteiger partial charge in [0.05, 0.1) is 103 Å². The third-order valence-corrected chi connectivity index (χ3v) is 24.6. The highest BCUT2D eigenvalue weighted by Gasteiger charge is 2.50. The zero-order chi connectivity index (χ0) is 89.1. The van der Waals surface area contributed by atoms with Gasteiger partial charge in [0.15, 0.2) is 22.9 Å². The van der Waals surface area contributed by atoms with Crippen LogP contribution in [0.4, 0.5) is 16.6 Å². The van der Waals surface area contributed by atoms with Crippen molar-refractivity contribution in [1.29, 1.82) is 0 Å². The molecular formula is C91H131N13O21. The number of ketones is 2. The fraction of sp³-hybridized carbons (Fsp3) is 0.626. The number of allylic oxidation sites excluding steroid dienone is 5. The fourth-order valence-corrected chi connectivity index (χ4v) is 17.4. The number of nitrogens with one attached hydrogen (secondary N) is 2. The van der Waals surface area contributed by atoms with Gasteiger partial charge in [0, 0.05) is 95.1 Å². The molecule has 34 heteroatoms. The Morgan fingerprint density at radius 3 is 2.19 bits per heavy atom. The molecule has 2 bridgehead atoms. The summed E-state index contributed by atoms with van der Waals surface area (Å²) in [5.41, 5.74) is 26.9. The van der Waals surface area contributed by atoms with Crippen LogP contribution in [0.2, 0.25) is 0 Å². The number of aliphatic hydroxyl groups excluding tert-OH is 3. The van der Waals surface area contributed by atoms with Crippen LogP contribution in [0.3, 0.4) is 0 Å². The number of rotatable bonds is 31. The molecule has 12 N–H and O–H groups in total. The second-order valence-electron chi connectivity index (χ2n) is 34.1. The lowest BCUT2D eigenvalue weighted by molar-refractivity contribution is -0.245. The third-order valence-electron chi connectivity index (χ3n) is 24.6. The first-order valence-electron chi connectivity index (χ1n) is 44.4. The smallest absolute Gasteiger partial charge is 0.407 e. The van der Waals surface area contributed by atoms with Gasteiger partial charge in [0.2, 0.25) is 11.7 Å². The molecule has 8 heterocycles. The van der Waals surface area contributed by atoms with Gasteiger partial charge in [0.25, 0.3) is 17.7 Å². The number of oxazole rings is 1. The Balaban J connectivity index is 0.511. The average Bonchev–Trinajstić information content (AvgIpc) is 1.55. The van der Waals surface area contributed by atoms with Gasteiger partial charge < -0.3 is 110 Å². The number of fused-ring (bicyclic) bond motifs is 6. The quantitative estimate of drug-likeness (QED) is 0.00693. The van der Waals surface area contributed by atoms with Crippen molar-refractivity contribution in [1.82, 2.24) is 50.1 Å². The van der Waals surface area contributed by atoms with E-state index in [1.807, 2.05) is 65.9 Å². The molecule has 0 unspecified atom stereocenters. The molecule has 34 nitrogen and oxygen atoms in total. The Morgan fingerprint density at radius 2 is 1.47 bits per heavy atom. The van der Waals surface area contributed by atoms with Crippen LogP contribution in [0.1, 0.15) is 154 Å². The number of cyclic esters (lactones) is 1. The van der Waals surface area contributed by atoms with Gasteiger partial charge in [-0.15, -0.1) is 0 Å². The third kappa shape index (κ3) is 27.9. The molecule has 1 saturated carbocycles. The van der Waals surface area contributed by atoms with Gasteiger partial charge in [0.1, 0.15) is 60.4 Å². The van der Waals surface area contributed by atoms with Crippen LogP contribution >= 0.6 is 0 Å². The number of Topliss-reactive ketones (excluding diaryl/α,β-unsaturated/α-hetero) is 2. The van der Waals surface area contributed by atoms with Gasteiger partial charge in [-0.1, -0.05) is 75.4 Å². The molecule has 11 rings (SSSR count). The molecule has 5 aliphatic heterocycles. The molecule has 686 valence electrons. The number of carbonyl (C=O) groups is 6. The number of nitrogens with two attached hydrogens (primary N) is 3. The number of nitrogens with zero attached hydrogens (tertiary/aromatic N) is 8. The van der Waals surface area contributed by atoms with Crippen molar-refractivity contribution in [3.63, 3.8) is 0 Å². The molecule has 0 spiro atoms. The van der Waals surface area contributed by atoms with E-state index in [0.29, 0.717) is 215 Å². The highest BCUT2D eigenvalue weighted by molar-refractivity contribution is 6.39. The molecule has 1 aliphatic carbocycles. The molecule has 0 radical (unpaired) electrons. The van der Waals surface area contributed by atoms with Crippen LogP contribution in [-0.2, 0) is 90.9 Å². The van der Waals surface area contributed by atoms with Gasteiger partial charge in [-0.3, -0.25) is 24.1 Å². The van der Waals surface area contributed by atoms with E-state index in [0.717, 1.165) is 46.4 Å². The maximum Gasteiger partial charge on any atom is 0.407 e. The number of hydrogen-bond donors (Lipinski definition) is 9. The molecule has 2 aromatic carbocycles. The molecule has 3 amide bonds. The number of aromatic nitrogens is 5. The van der Waals surface area contributed by atoms with Crippen molar-refractivity contribution < 1.29 is 101 Å². The summed E-state index contributed by atoms with van der Waals surface area (Å²) in [5.74, 6) is -6.41. The van der Waals surface area contributed by atoms with Crippen LogP contribution < -0.4 is 27.8 Å². The first-order valence-corrected chi connectivity index (χ1v) is 44.4. The number of likely N-dealkylation sites (tertiary alicyclic amines) is 1. The summed E-state index contributed by atoms with van der Waals surface area (Å²) >= 11 is 0. The van der Waals surface area contributed by atoms with Crippen molar-refractivity contribution in [3.8, 4) is 11.3 Å². The summed E-state index contributed by atoms with van der Waals surface area (Å²) in [6.45, 7) is 20.3. The first kappa shape index (κ1) is 96.5. The van der Waals surface area contributed by atoms with Gasteiger partial charge in [-0.2, -0.15) is 10.1 Å². The summed E-state index contributed by atoms with van der Waals surface area (Å²) in [5, 5.41) is 57.9. The predicted molar refractivity (Wildman–Crippen MR) is 465 cm³/mol. The average molecular weight is 1740 g/mol. The second kappa shape index (κ2) is 47.6. The molecule has 3 aromatic heterocycles. The number of methoxy groups -OCH3 is 1. The van der Waals surface area contributed by atoms with Crippen LogP contribution in [0.25, 0.3) is 33.4 Å². The summed E-state index contributed by atoms with van der Waals surface area (Å²) in [4.78, 5) is 101. The van der Waals surface area contributed by atoms with E-state index in [2.05, 4.69) is 55.3 Å². The number of esters is 1. The van der Waals surface area contributed by atoms with E-state index >= 15 is 0 Å². The summed E-state index contributed by atoms with van der Waals surface area (Å²) in [6.07, 6.45) is 13.1. The summed E-state index contributed by atoms with van der Waals surface area (Å²) < 4.78 is 65.3. The molecule has 6 aliphatic rings. The van der Waals surface area contributed by atoms with Crippen molar-refractivity contribution >= 4 is 69.4 Å². The second-order valence-corrected chi connectivity index (χ2v) is 34.1. The number of nitrogen functional groups attached to an aromatic ring is 2. The van der Waals surface area contributed by atoms with E-state index in [4.69, 9.17) is 74.1 Å². The van der Waals surface area contributed by atoms with E-state index in [1.54, 1.807) is 40.0 Å². The Labute approximate surface area is 731 Å². The molecule has 125 heavy (non-hydrogen) atoms. The normalized spacial score (nSPS) is 27.6. The number of ether oxygens (including phenoxy) is 10. The number of benzene rings is 2. The SMILES string of the molecule is C=C(NCCOCCOCCOCCOCCOCCOC(=O)NC1CCN(CC(=O)N2CCc3cc(Cn4nc(-c5ccc6oc(N)nc6c5)c5c(N)ncnc54)ccc3C2)CC1)O[C@H]1CC[C@H](C[C@@H](N)[C@@H]2C[C@@H](O)[C@H](C)/C=C(\C)[C@@H](O)[C@@H](O)C(=O)[C@H](C)C[C@H](C)/C=C/C=C/C=C(\C)[C@@H](OC)C[C@@H]3CCC[C@@](O)(O3)C(=O)C(=O)N3CCCC[C@H]3C(=O)O2)CC1. The summed E-state index contributed by atoms with van der Waals surface area (Å²) in [7, 11) is 1.56. The number of amides is 3. The van der Waals surface area contributed by atoms with Gasteiger partial charge in [-0.25, -0.2) is 24.2 Å². The van der Waals surface area contributed by atoms with E-state index in [1.165, 1.54) is 11.9 Å². The minimum absolute atomic E-state index is 0.0507. The molecule has 4 fully saturated rings. The topological polar surface area (TPSA) is 457 Å². The van der Waals surface area contributed by atoms with Crippen LogP contribution in [0.15, 0.2) is 107 Å². The zero-order valence-electron chi connectivity index (χ0n) is 73.3. The molecule has 5 aromatic rings. The van der Waals surface area contributed by atoms with Crippen LogP contribution in [0, 0.1) is 23.7 Å². The maximum absolute atomic E-state index is 14.6. The summed E-state index contributed by atoms with van der Waals surface area (Å²) in [6, 6.07) is 9.90. The van der Waals surface area contributed by atoms with Crippen molar-refractivity contribution in [2.45, 2.75) is 224 Å². The maximum atomic E-state index is 14.6. The van der Waals surface area contributed by atoms with Crippen molar-refractivity contribution in [2.24, 2.45) is 29.4 Å². The standard InChI is InChI=1S/C91H131N13O21/c1-57-14-9-8-10-15-58(2)76(115-7)51-70-16-13-29-91(114,125-70)84(110)87(111)103-31-12-11-17-73(103)88(112)123-77(52-74(105)59(3)47-61(5)82(108)83(109)81(107)60(4)46-57)71(92)49-63-19-23-69(24-20-63)122-62(6)95-30-35-116-36-37-117-38-39-118-40-41-119-42-43-120-44-45-121-90(113)98-68-27-32-101(33-28-68)55-78(106)102-34-26-65-48-64(18-21-67(65)54-102)53-104-86-79(85(93)96-56-97-86)80(100-104)66-22-25-75-72(50-66)99-89(94)124-75/h8-10,14-15,18,21-22,25,47-48,50,56-57,59-60,63,68-71,73-74,76-77,82-83,95,105,108-109,114H,6,11-13,16-17,19-20,23-24,26-46,49,51-55,92H2,1-5,7H3,(H2,94,99)(H,98,113)(H2,93,96,97)/b10-8+,14-9+,58-15+,61-47+/t57-,59-,60-,63-,69-,70+,71-,73+,74-,76+,77+,82-,83+,91-/m1/s1. The molecule has 12 atom stereocenters. The van der Waals surface area contributed by atoms with Crippen LogP contribution in [0.5, 0.6) is 0 Å². The molecular weight excluding hydrogens is 1610 g/mol. The fourth-order valence-electron chi connectivity index (χ4n) is 17.4. The Bertz CT molecular complexity index is 4520. The number of aliphatic hydroxyl groups is 4. The van der Waals surface area contributed by atoms with Gasteiger partial charge >= 0.3 is 12.1 Å². The lowest BCUT2D eigenvalue weighted by Gasteiger charge is -2.40. The number of carbonyl (C=O) groups excluding carboxylic acids is 6. The Hall–Kier alpha value is -9.14. The molecule has 3 saturated heterocycles. The number of piperidine rings is 2. The lowest BCUT2D eigenvalue weighted by Crippen LogP contribution is -2.58. The lowest BCUT2D eigenvalue weighted by atomic mass is 9.81. The number of anilines is 2. The Kier molecular flexibility index (Phi) is 36.7. The first-order chi connectivity index (χ1) is 60.2. The number of hydrogen-bond acceptors (Lipinski definition) is 30. The highest BCUT2D eigenvalue weighted by atomic mass is 16.6. The minimum atomic E-state index is -2.43. The van der Waals surface area contributed by atoms with E-state index < -0.39 is 95.9 Å². The zero-order valence-corrected chi connectivity index (χ0v) is 73.3. The largest absolute Gasteiger partial charge is 0.476 e. The van der Waals surface area contributed by atoms with Gasteiger partial charge in [-0.05, 0) is 168 Å². The monoisotopic (exact) mass is 1740 g/mol. The van der Waals surface area contributed by atoms with Crippen LogP contribution in [-0.4, -0.2) is 281 Å². The van der Waals surface area contributed by atoms with E-state index in [9.17, 15) is 49.2 Å². The number of alkyl carbamates (subject to hydrolysis) is 1. The van der Waals surface area contributed by atoms with Crippen molar-refractivity contribution in [2.75, 3.05) is 131 Å². The predicted octanol–water partition coefficient (Wildman–Crippen LogP) is 7.24. The van der Waals surface area contributed by atoms with E-state index in [-0.39, 0.29) is 80.5 Å².